The average molecular weight is 259 g/mol. The highest BCUT2D eigenvalue weighted by atomic mass is 16.5. The molecule has 1 heterocycles. The Morgan fingerprint density at radius 2 is 2.16 bits per heavy atom. The SMILES string of the molecule is CNCC1CCN(c2cc(OC)ccc2C#N)CC1. The Morgan fingerprint density at radius 3 is 2.74 bits per heavy atom. The number of methoxy groups -OCH3 is 1. The van der Waals surface area contributed by atoms with Crippen molar-refractivity contribution in [3.63, 3.8) is 0 Å². The quantitative estimate of drug-likeness (QED) is 0.898. The van der Waals surface area contributed by atoms with Gasteiger partial charge in [0.25, 0.3) is 0 Å². The van der Waals surface area contributed by atoms with Crippen LogP contribution in [-0.2, 0) is 0 Å². The van der Waals surface area contributed by atoms with Gasteiger partial charge in [0.2, 0.25) is 0 Å². The van der Waals surface area contributed by atoms with Gasteiger partial charge in [-0.1, -0.05) is 0 Å². The fraction of sp³-hybridized carbons (Fsp3) is 0.533. The molecule has 19 heavy (non-hydrogen) atoms. The Labute approximate surface area is 115 Å². The first-order chi connectivity index (χ1) is 9.28. The Morgan fingerprint density at radius 1 is 1.42 bits per heavy atom. The number of rotatable bonds is 4. The number of hydrogen-bond donors (Lipinski definition) is 1. The van der Waals surface area contributed by atoms with Crippen molar-refractivity contribution in [2.75, 3.05) is 38.7 Å². The molecular weight excluding hydrogens is 238 g/mol. The normalized spacial score (nSPS) is 16.2. The number of benzene rings is 1. The Bertz CT molecular complexity index is 459. The highest BCUT2D eigenvalue weighted by molar-refractivity contribution is 5.62. The monoisotopic (exact) mass is 259 g/mol. The molecule has 102 valence electrons. The Kier molecular flexibility index (Phi) is 4.64. The summed E-state index contributed by atoms with van der Waals surface area (Å²) in [6.45, 7) is 3.10. The molecule has 1 aliphatic rings. The minimum absolute atomic E-state index is 0.730. The van der Waals surface area contributed by atoms with Crippen molar-refractivity contribution in [2.45, 2.75) is 12.8 Å². The molecule has 1 N–H and O–H groups in total. The predicted octanol–water partition coefficient (Wildman–Crippen LogP) is 2.00. The summed E-state index contributed by atoms with van der Waals surface area (Å²) in [6.07, 6.45) is 2.34. The second-order valence-electron chi connectivity index (χ2n) is 4.98. The summed E-state index contributed by atoms with van der Waals surface area (Å²) in [5, 5.41) is 12.5. The van der Waals surface area contributed by atoms with E-state index in [0.29, 0.717) is 0 Å². The van der Waals surface area contributed by atoms with Gasteiger partial charge in [-0.05, 0) is 44.5 Å². The summed E-state index contributed by atoms with van der Waals surface area (Å²) >= 11 is 0. The van der Waals surface area contributed by atoms with Gasteiger partial charge >= 0.3 is 0 Å². The molecule has 1 aromatic carbocycles. The van der Waals surface area contributed by atoms with Crippen LogP contribution in [0.4, 0.5) is 5.69 Å². The van der Waals surface area contributed by atoms with Crippen molar-refractivity contribution in [3.05, 3.63) is 23.8 Å². The summed E-state index contributed by atoms with van der Waals surface area (Å²) in [7, 11) is 3.66. The molecule has 4 heteroatoms. The maximum absolute atomic E-state index is 9.22. The fourth-order valence-corrected chi connectivity index (χ4v) is 2.66. The van der Waals surface area contributed by atoms with Crippen LogP contribution < -0.4 is 15.0 Å². The van der Waals surface area contributed by atoms with Crippen molar-refractivity contribution in [1.82, 2.24) is 5.32 Å². The van der Waals surface area contributed by atoms with Crippen molar-refractivity contribution < 1.29 is 4.74 Å². The summed E-state index contributed by atoms with van der Waals surface area (Å²) in [5.41, 5.74) is 1.73. The van der Waals surface area contributed by atoms with Crippen LogP contribution in [0.3, 0.4) is 0 Å². The van der Waals surface area contributed by atoms with Crippen LogP contribution in [-0.4, -0.2) is 33.8 Å². The number of nitrogens with zero attached hydrogens (tertiary/aromatic N) is 2. The Balaban J connectivity index is 2.12. The first kappa shape index (κ1) is 13.7. The van der Waals surface area contributed by atoms with Gasteiger partial charge in [-0.15, -0.1) is 0 Å². The zero-order valence-corrected chi connectivity index (χ0v) is 11.6. The van der Waals surface area contributed by atoms with Gasteiger partial charge in [0, 0.05) is 19.2 Å². The molecule has 4 nitrogen and oxygen atoms in total. The van der Waals surface area contributed by atoms with Crippen molar-refractivity contribution >= 4 is 5.69 Å². The highest BCUT2D eigenvalue weighted by Crippen LogP contribution is 2.29. The van der Waals surface area contributed by atoms with Crippen LogP contribution in [0.15, 0.2) is 18.2 Å². The van der Waals surface area contributed by atoms with E-state index in [4.69, 9.17) is 4.74 Å². The van der Waals surface area contributed by atoms with Gasteiger partial charge in [-0.2, -0.15) is 5.26 Å². The molecule has 1 saturated heterocycles. The van der Waals surface area contributed by atoms with Gasteiger partial charge < -0.3 is 15.0 Å². The smallest absolute Gasteiger partial charge is 0.121 e. The lowest BCUT2D eigenvalue weighted by Crippen LogP contribution is -2.37. The van der Waals surface area contributed by atoms with Crippen LogP contribution >= 0.6 is 0 Å². The number of anilines is 1. The van der Waals surface area contributed by atoms with E-state index in [1.54, 1.807) is 7.11 Å². The van der Waals surface area contributed by atoms with Crippen molar-refractivity contribution in [2.24, 2.45) is 5.92 Å². The molecule has 0 aliphatic carbocycles. The molecule has 1 aromatic rings. The number of nitrogens with one attached hydrogen (secondary N) is 1. The van der Waals surface area contributed by atoms with Gasteiger partial charge in [-0.3, -0.25) is 0 Å². The van der Waals surface area contributed by atoms with Gasteiger partial charge in [0.05, 0.1) is 18.4 Å². The predicted molar refractivity (Wildman–Crippen MR) is 76.6 cm³/mol. The molecule has 1 fully saturated rings. The number of piperidine rings is 1. The van der Waals surface area contributed by atoms with E-state index in [1.165, 1.54) is 12.8 Å². The van der Waals surface area contributed by atoms with Crippen LogP contribution in [0.25, 0.3) is 0 Å². The molecule has 0 spiro atoms. The largest absolute Gasteiger partial charge is 0.497 e. The summed E-state index contributed by atoms with van der Waals surface area (Å²) < 4.78 is 5.26. The minimum atomic E-state index is 0.730. The van der Waals surface area contributed by atoms with Crippen LogP contribution in [0.1, 0.15) is 18.4 Å². The van der Waals surface area contributed by atoms with E-state index in [2.05, 4.69) is 16.3 Å². The standard InChI is InChI=1S/C15H21N3O/c1-17-11-12-5-7-18(8-6-12)15-9-14(19-2)4-3-13(15)10-16/h3-4,9,12,17H,5-8,11H2,1-2H3. The van der Waals surface area contributed by atoms with E-state index >= 15 is 0 Å². The van der Waals surface area contributed by atoms with Gasteiger partial charge in [-0.25, -0.2) is 0 Å². The van der Waals surface area contributed by atoms with E-state index < -0.39 is 0 Å². The Hall–Kier alpha value is -1.73. The second-order valence-corrected chi connectivity index (χ2v) is 4.98. The van der Waals surface area contributed by atoms with Gasteiger partial charge in [0.1, 0.15) is 11.8 Å². The molecular formula is C15H21N3O. The second kappa shape index (κ2) is 6.44. The highest BCUT2D eigenvalue weighted by Gasteiger charge is 2.21. The maximum atomic E-state index is 9.22. The molecule has 0 aromatic heterocycles. The molecule has 0 atom stereocenters. The third-order valence-corrected chi connectivity index (χ3v) is 3.77. The maximum Gasteiger partial charge on any atom is 0.121 e. The van der Waals surface area contributed by atoms with E-state index in [9.17, 15) is 5.26 Å². The molecule has 0 radical (unpaired) electrons. The summed E-state index contributed by atoms with van der Waals surface area (Å²) in [5.74, 6) is 1.56. The third-order valence-electron chi connectivity index (χ3n) is 3.77. The zero-order chi connectivity index (χ0) is 13.7. The number of nitriles is 1. The fourth-order valence-electron chi connectivity index (χ4n) is 2.66. The number of hydrogen-bond acceptors (Lipinski definition) is 4. The molecule has 2 rings (SSSR count). The zero-order valence-electron chi connectivity index (χ0n) is 11.6. The summed E-state index contributed by atoms with van der Waals surface area (Å²) in [4.78, 5) is 2.30. The van der Waals surface area contributed by atoms with Crippen LogP contribution in [0.5, 0.6) is 5.75 Å². The van der Waals surface area contributed by atoms with E-state index in [1.807, 2.05) is 25.2 Å². The lowest BCUT2D eigenvalue weighted by atomic mass is 9.96. The minimum Gasteiger partial charge on any atom is -0.497 e. The topological polar surface area (TPSA) is 48.3 Å². The molecule has 1 aliphatic heterocycles. The lowest BCUT2D eigenvalue weighted by Gasteiger charge is -2.34. The van der Waals surface area contributed by atoms with Crippen LogP contribution in [0.2, 0.25) is 0 Å². The lowest BCUT2D eigenvalue weighted by molar-refractivity contribution is 0.392. The average Bonchev–Trinajstić information content (AvgIpc) is 2.47. The molecule has 0 amide bonds. The van der Waals surface area contributed by atoms with Crippen molar-refractivity contribution in [3.8, 4) is 11.8 Å². The van der Waals surface area contributed by atoms with Gasteiger partial charge in [0.15, 0.2) is 0 Å². The molecule has 0 saturated carbocycles. The molecule has 0 unspecified atom stereocenters. The molecule has 0 bridgehead atoms. The third kappa shape index (κ3) is 3.18. The van der Waals surface area contributed by atoms with E-state index in [0.717, 1.165) is 42.6 Å². The van der Waals surface area contributed by atoms with Crippen molar-refractivity contribution in [1.29, 1.82) is 5.26 Å². The first-order valence-corrected chi connectivity index (χ1v) is 6.76. The number of ether oxygens (including phenoxy) is 1. The summed E-state index contributed by atoms with van der Waals surface area (Å²) in [6, 6.07) is 7.92. The van der Waals surface area contributed by atoms with Crippen LogP contribution in [0, 0.1) is 17.2 Å². The first-order valence-electron chi connectivity index (χ1n) is 6.76. The van der Waals surface area contributed by atoms with E-state index in [-0.39, 0.29) is 0 Å².